The largest absolute Gasteiger partial charge is 0.311 e. The van der Waals surface area contributed by atoms with E-state index in [0.29, 0.717) is 0 Å². The van der Waals surface area contributed by atoms with Gasteiger partial charge in [-0.3, -0.25) is 0 Å². The highest BCUT2D eigenvalue weighted by Gasteiger charge is 2.40. The molecule has 4 heteroatoms. The lowest BCUT2D eigenvalue weighted by Crippen LogP contribution is -2.20. The van der Waals surface area contributed by atoms with E-state index < -0.39 is 7.14 Å². The van der Waals surface area contributed by atoms with E-state index in [0.717, 1.165) is 71.6 Å². The molecule has 2 heterocycles. The van der Waals surface area contributed by atoms with Gasteiger partial charge in [0, 0.05) is 49.4 Å². The molecule has 9 rings (SSSR count). The van der Waals surface area contributed by atoms with Crippen LogP contribution in [0.15, 0.2) is 176 Å². The van der Waals surface area contributed by atoms with Crippen molar-refractivity contribution in [2.24, 2.45) is 0 Å². The average molecular weight is 609 g/mol. The molecule has 0 bridgehead atoms. The van der Waals surface area contributed by atoms with Gasteiger partial charge >= 0.3 is 0 Å². The van der Waals surface area contributed by atoms with Crippen molar-refractivity contribution in [2.75, 3.05) is 4.90 Å². The minimum atomic E-state index is -3.04. The Morgan fingerprint density at radius 1 is 0.435 bits per heavy atom. The van der Waals surface area contributed by atoms with Crippen molar-refractivity contribution in [1.82, 2.24) is 4.57 Å². The molecule has 0 aliphatic carbocycles. The van der Waals surface area contributed by atoms with E-state index in [4.69, 9.17) is 0 Å². The van der Waals surface area contributed by atoms with E-state index >= 15 is 4.57 Å². The highest BCUT2D eigenvalue weighted by Crippen LogP contribution is 2.53. The minimum absolute atomic E-state index is 0.876. The first-order valence-corrected chi connectivity index (χ1v) is 17.3. The molecular weight excluding hydrogens is 579 g/mol. The van der Waals surface area contributed by atoms with Crippen molar-refractivity contribution in [3.8, 4) is 16.8 Å². The first-order chi connectivity index (χ1) is 22.7. The van der Waals surface area contributed by atoms with Gasteiger partial charge < -0.3 is 14.0 Å². The van der Waals surface area contributed by atoms with E-state index in [1.54, 1.807) is 0 Å². The highest BCUT2D eigenvalue weighted by molar-refractivity contribution is 7.86. The number of hydrogen-bond acceptors (Lipinski definition) is 2. The molecule has 1 aliphatic heterocycles. The predicted octanol–water partition coefficient (Wildman–Crippen LogP) is 9.87. The molecule has 46 heavy (non-hydrogen) atoms. The lowest BCUT2D eigenvalue weighted by atomic mass is 10.0. The zero-order valence-electron chi connectivity index (χ0n) is 25.0. The topological polar surface area (TPSA) is 25.2 Å². The number of para-hydroxylation sites is 3. The third-order valence-electron chi connectivity index (χ3n) is 9.18. The van der Waals surface area contributed by atoms with Gasteiger partial charge in [-0.05, 0) is 77.9 Å². The molecule has 0 saturated carbocycles. The molecule has 1 aliphatic rings. The van der Waals surface area contributed by atoms with Crippen molar-refractivity contribution < 1.29 is 4.57 Å². The maximum absolute atomic E-state index is 15.2. The fourth-order valence-electron chi connectivity index (χ4n) is 7.13. The SMILES string of the molecule is O=P1(c2ccccc2)c2ccccc2-c2cc3c(cc21)c1ccccc1n3-c1ccc(N(c2ccccc2)c2ccccc2)cc1. The zero-order valence-corrected chi connectivity index (χ0v) is 25.9. The summed E-state index contributed by atoms with van der Waals surface area (Å²) >= 11 is 0. The van der Waals surface area contributed by atoms with Gasteiger partial charge in [-0.25, -0.2) is 0 Å². The molecule has 0 fully saturated rings. The van der Waals surface area contributed by atoms with Crippen molar-refractivity contribution in [2.45, 2.75) is 0 Å². The second-order valence-corrected chi connectivity index (χ2v) is 14.4. The summed E-state index contributed by atoms with van der Waals surface area (Å²) in [5.41, 5.74) is 8.71. The summed E-state index contributed by atoms with van der Waals surface area (Å²) in [5, 5.41) is 4.98. The Balaban J connectivity index is 1.25. The Bertz CT molecular complexity index is 2390. The molecule has 8 aromatic rings. The molecule has 0 N–H and O–H groups in total. The third-order valence-corrected chi connectivity index (χ3v) is 12.3. The Morgan fingerprint density at radius 2 is 1.00 bits per heavy atom. The highest BCUT2D eigenvalue weighted by atomic mass is 31.2. The van der Waals surface area contributed by atoms with Crippen molar-refractivity contribution in [1.29, 1.82) is 0 Å². The van der Waals surface area contributed by atoms with E-state index in [2.05, 4.69) is 125 Å². The van der Waals surface area contributed by atoms with Gasteiger partial charge in [0.25, 0.3) is 0 Å². The second-order valence-electron chi connectivity index (χ2n) is 11.7. The third kappa shape index (κ3) is 3.96. The Hall–Kier alpha value is -5.63. The van der Waals surface area contributed by atoms with Crippen LogP contribution in [-0.2, 0) is 4.57 Å². The van der Waals surface area contributed by atoms with E-state index in [1.165, 1.54) is 0 Å². The molecule has 1 atom stereocenters. The normalized spacial score (nSPS) is 15.1. The summed E-state index contributed by atoms with van der Waals surface area (Å²) in [6, 6.07) is 61.0. The summed E-state index contributed by atoms with van der Waals surface area (Å²) in [5.74, 6) is 0. The second kappa shape index (κ2) is 10.5. The van der Waals surface area contributed by atoms with Crippen molar-refractivity contribution in [3.05, 3.63) is 176 Å². The van der Waals surface area contributed by atoms with Gasteiger partial charge in [0.2, 0.25) is 0 Å². The van der Waals surface area contributed by atoms with Crippen LogP contribution in [0.2, 0.25) is 0 Å². The fourth-order valence-corrected chi connectivity index (χ4v) is 10.2. The first kappa shape index (κ1) is 26.7. The zero-order chi connectivity index (χ0) is 30.7. The molecule has 0 amide bonds. The van der Waals surface area contributed by atoms with Gasteiger partial charge in [0.1, 0.15) is 0 Å². The monoisotopic (exact) mass is 608 g/mol. The maximum atomic E-state index is 15.2. The van der Waals surface area contributed by atoms with Crippen LogP contribution >= 0.6 is 7.14 Å². The minimum Gasteiger partial charge on any atom is -0.311 e. The number of aromatic nitrogens is 1. The average Bonchev–Trinajstić information content (AvgIpc) is 3.59. The van der Waals surface area contributed by atoms with Crippen molar-refractivity contribution in [3.63, 3.8) is 0 Å². The molecule has 0 saturated heterocycles. The number of fused-ring (bicyclic) bond motifs is 6. The number of benzene rings is 7. The van der Waals surface area contributed by atoms with Crippen LogP contribution in [-0.4, -0.2) is 4.57 Å². The van der Waals surface area contributed by atoms with Crippen LogP contribution in [0, 0.1) is 0 Å². The first-order valence-electron chi connectivity index (χ1n) is 15.6. The van der Waals surface area contributed by atoms with Crippen LogP contribution in [0.5, 0.6) is 0 Å². The molecule has 1 aromatic heterocycles. The molecular formula is C42H29N2OP. The number of rotatable bonds is 5. The molecule has 1 unspecified atom stereocenters. The van der Waals surface area contributed by atoms with E-state index in [-0.39, 0.29) is 0 Å². The summed E-state index contributed by atoms with van der Waals surface area (Å²) in [4.78, 5) is 2.28. The van der Waals surface area contributed by atoms with Crippen LogP contribution in [0.4, 0.5) is 17.1 Å². The predicted molar refractivity (Wildman–Crippen MR) is 194 cm³/mol. The summed E-state index contributed by atoms with van der Waals surface area (Å²) < 4.78 is 17.6. The van der Waals surface area contributed by atoms with E-state index in [1.807, 2.05) is 60.7 Å². The number of anilines is 3. The molecule has 7 aromatic carbocycles. The van der Waals surface area contributed by atoms with Crippen LogP contribution in [0.3, 0.4) is 0 Å². The van der Waals surface area contributed by atoms with Gasteiger partial charge in [-0.1, -0.05) is 109 Å². The molecule has 0 spiro atoms. The summed E-state index contributed by atoms with van der Waals surface area (Å²) in [6.45, 7) is 0. The van der Waals surface area contributed by atoms with Gasteiger partial charge in [0.05, 0.1) is 11.0 Å². The van der Waals surface area contributed by atoms with Gasteiger partial charge in [0.15, 0.2) is 7.14 Å². The Kier molecular flexibility index (Phi) is 6.09. The van der Waals surface area contributed by atoms with Crippen LogP contribution in [0.25, 0.3) is 38.6 Å². The number of nitrogens with zero attached hydrogens (tertiary/aromatic N) is 2. The van der Waals surface area contributed by atoms with Gasteiger partial charge in [-0.15, -0.1) is 0 Å². The lowest BCUT2D eigenvalue weighted by molar-refractivity contribution is 0.593. The molecule has 3 nitrogen and oxygen atoms in total. The summed E-state index contributed by atoms with van der Waals surface area (Å²) in [6.07, 6.45) is 0. The Morgan fingerprint density at radius 3 is 1.70 bits per heavy atom. The fraction of sp³-hybridized carbons (Fsp3) is 0. The quantitative estimate of drug-likeness (QED) is 0.182. The van der Waals surface area contributed by atoms with Gasteiger partial charge in [-0.2, -0.15) is 0 Å². The van der Waals surface area contributed by atoms with Crippen LogP contribution < -0.4 is 20.8 Å². The Labute approximate surface area is 268 Å². The van der Waals surface area contributed by atoms with Crippen molar-refractivity contribution >= 4 is 61.9 Å². The lowest BCUT2D eigenvalue weighted by Gasteiger charge is -2.25. The molecule has 0 radical (unpaired) electrons. The standard InChI is InChI=1S/C42H29N2OP/c45-46(34-18-8-3-9-19-34)41-23-13-11-21-36(41)38-28-40-37(29-42(38)46)35-20-10-12-22-39(35)44(40)33-26-24-32(25-27-33)43(30-14-4-1-5-15-30)31-16-6-2-7-17-31/h1-29H. The van der Waals surface area contributed by atoms with Crippen LogP contribution in [0.1, 0.15) is 0 Å². The maximum Gasteiger partial charge on any atom is 0.172 e. The number of hydrogen-bond donors (Lipinski definition) is 0. The summed E-state index contributed by atoms with van der Waals surface area (Å²) in [7, 11) is -3.04. The van der Waals surface area contributed by atoms with E-state index in [9.17, 15) is 0 Å². The smallest absolute Gasteiger partial charge is 0.172 e. The molecule has 218 valence electrons.